The van der Waals surface area contributed by atoms with Crippen LogP contribution in [0.2, 0.25) is 0 Å². The summed E-state index contributed by atoms with van der Waals surface area (Å²) in [6.45, 7) is -0.0582. The number of ketones is 1. The smallest absolute Gasteiger partial charge is 0.307 e. The Balaban J connectivity index is 1.62. The number of nitrogens with one attached hydrogen (secondary N) is 3. The van der Waals surface area contributed by atoms with E-state index in [1.165, 1.54) is 0 Å². The average molecular weight is 424 g/mol. The average Bonchev–Trinajstić information content (AvgIpc) is 3.31. The lowest BCUT2D eigenvalue weighted by molar-refractivity contribution is 0.0923. The van der Waals surface area contributed by atoms with Crippen LogP contribution < -0.4 is 15.4 Å². The SMILES string of the molecule is CS(=O)(=O)NCc1nsc(NC(=O)Nc2ccccc2C(=O)C2CCCC2)n1. The molecule has 11 heteroatoms. The lowest BCUT2D eigenvalue weighted by atomic mass is 9.95. The number of amides is 2. The van der Waals surface area contributed by atoms with Gasteiger partial charge in [0.05, 0.1) is 18.5 Å². The minimum Gasteiger partial charge on any atom is -0.307 e. The van der Waals surface area contributed by atoms with Crippen molar-refractivity contribution in [3.05, 3.63) is 35.7 Å². The fourth-order valence-electron chi connectivity index (χ4n) is 3.04. The van der Waals surface area contributed by atoms with Crippen LogP contribution in [0.4, 0.5) is 15.6 Å². The molecule has 0 atom stereocenters. The van der Waals surface area contributed by atoms with Crippen molar-refractivity contribution in [2.75, 3.05) is 16.9 Å². The van der Waals surface area contributed by atoms with E-state index in [2.05, 4.69) is 24.7 Å². The molecule has 2 aromatic rings. The van der Waals surface area contributed by atoms with Crippen molar-refractivity contribution in [1.29, 1.82) is 0 Å². The fraction of sp³-hybridized carbons (Fsp3) is 0.412. The number of aromatic nitrogens is 2. The van der Waals surface area contributed by atoms with E-state index in [1.54, 1.807) is 24.3 Å². The van der Waals surface area contributed by atoms with E-state index < -0.39 is 16.1 Å². The van der Waals surface area contributed by atoms with Crippen LogP contribution in [0.3, 0.4) is 0 Å². The monoisotopic (exact) mass is 423 g/mol. The molecule has 1 saturated carbocycles. The Hall–Kier alpha value is -2.37. The highest BCUT2D eigenvalue weighted by atomic mass is 32.2. The quantitative estimate of drug-likeness (QED) is 0.587. The van der Waals surface area contributed by atoms with E-state index in [0.717, 1.165) is 43.5 Å². The first-order chi connectivity index (χ1) is 13.3. The number of carbonyl (C=O) groups excluding carboxylic acids is 2. The van der Waals surface area contributed by atoms with Gasteiger partial charge in [0.15, 0.2) is 11.6 Å². The summed E-state index contributed by atoms with van der Waals surface area (Å²) in [5, 5.41) is 5.46. The van der Waals surface area contributed by atoms with E-state index in [4.69, 9.17) is 0 Å². The van der Waals surface area contributed by atoms with E-state index >= 15 is 0 Å². The minimum atomic E-state index is -3.35. The summed E-state index contributed by atoms with van der Waals surface area (Å²) in [4.78, 5) is 29.1. The molecule has 2 amide bonds. The Morgan fingerprint density at radius 2 is 1.89 bits per heavy atom. The molecule has 0 saturated heterocycles. The minimum absolute atomic E-state index is 0.0130. The summed E-state index contributed by atoms with van der Waals surface area (Å²) in [5.74, 6) is 0.320. The Kier molecular flexibility index (Phi) is 6.37. The molecule has 1 heterocycles. The summed E-state index contributed by atoms with van der Waals surface area (Å²) in [7, 11) is -3.35. The van der Waals surface area contributed by atoms with E-state index in [1.807, 2.05) is 0 Å². The molecule has 0 unspecified atom stereocenters. The maximum Gasteiger partial charge on any atom is 0.325 e. The van der Waals surface area contributed by atoms with Gasteiger partial charge >= 0.3 is 6.03 Å². The van der Waals surface area contributed by atoms with Gasteiger partial charge in [-0.1, -0.05) is 25.0 Å². The van der Waals surface area contributed by atoms with Crippen LogP contribution in [-0.4, -0.2) is 35.8 Å². The molecule has 1 aromatic carbocycles. The molecular formula is C17H21N5O4S2. The molecule has 0 radical (unpaired) electrons. The lowest BCUT2D eigenvalue weighted by Gasteiger charge is -2.13. The fourth-order valence-corrected chi connectivity index (χ4v) is 4.01. The number of nitrogens with zero attached hydrogens (tertiary/aromatic N) is 2. The Labute approximate surface area is 167 Å². The molecule has 3 rings (SSSR count). The number of benzene rings is 1. The Bertz CT molecular complexity index is 967. The third kappa shape index (κ3) is 5.57. The standard InChI is InChI=1S/C17H21N5O4S2/c1-28(25,26)18-10-14-20-17(27-22-14)21-16(24)19-13-9-5-4-8-12(13)15(23)11-6-2-3-7-11/h4-5,8-9,11,18H,2-3,6-7,10H2,1H3,(H2,19,20,21,22,24). The molecule has 1 aliphatic carbocycles. The maximum atomic E-state index is 12.7. The third-order valence-electron chi connectivity index (χ3n) is 4.35. The van der Waals surface area contributed by atoms with Crippen LogP contribution in [-0.2, 0) is 16.6 Å². The topological polar surface area (TPSA) is 130 Å². The van der Waals surface area contributed by atoms with Crippen molar-refractivity contribution >= 4 is 44.2 Å². The van der Waals surface area contributed by atoms with E-state index in [-0.39, 0.29) is 29.2 Å². The molecule has 0 bridgehead atoms. The van der Waals surface area contributed by atoms with Gasteiger partial charge in [-0.25, -0.2) is 22.9 Å². The summed E-state index contributed by atoms with van der Waals surface area (Å²) < 4.78 is 28.5. The van der Waals surface area contributed by atoms with Gasteiger partial charge in [0, 0.05) is 23.0 Å². The van der Waals surface area contributed by atoms with Gasteiger partial charge in [-0.15, -0.1) is 0 Å². The number of hydrogen-bond donors (Lipinski definition) is 3. The molecule has 150 valence electrons. The second-order valence-corrected chi connectivity index (χ2v) is 9.16. The number of anilines is 2. The molecule has 1 aromatic heterocycles. The summed E-state index contributed by atoms with van der Waals surface area (Å²) in [6.07, 6.45) is 4.92. The highest BCUT2D eigenvalue weighted by molar-refractivity contribution is 7.88. The van der Waals surface area contributed by atoms with Gasteiger partial charge in [0.2, 0.25) is 15.2 Å². The van der Waals surface area contributed by atoms with E-state index in [0.29, 0.717) is 11.3 Å². The molecule has 1 fully saturated rings. The Morgan fingerprint density at radius 3 is 2.61 bits per heavy atom. The van der Waals surface area contributed by atoms with Crippen LogP contribution in [0.15, 0.2) is 24.3 Å². The number of rotatable bonds is 7. The zero-order valence-electron chi connectivity index (χ0n) is 15.3. The van der Waals surface area contributed by atoms with Gasteiger partial charge in [0.1, 0.15) is 0 Å². The number of hydrogen-bond acceptors (Lipinski definition) is 7. The largest absolute Gasteiger partial charge is 0.325 e. The second kappa shape index (κ2) is 8.76. The number of Topliss-reactive ketones (excluding diaryl/α,β-unsaturated/α-hetero) is 1. The van der Waals surface area contributed by atoms with E-state index in [9.17, 15) is 18.0 Å². The molecule has 3 N–H and O–H groups in total. The van der Waals surface area contributed by atoms with Crippen LogP contribution in [0, 0.1) is 5.92 Å². The van der Waals surface area contributed by atoms with Crippen molar-refractivity contribution in [3.63, 3.8) is 0 Å². The zero-order valence-corrected chi connectivity index (χ0v) is 16.9. The van der Waals surface area contributed by atoms with Crippen molar-refractivity contribution in [3.8, 4) is 0 Å². The van der Waals surface area contributed by atoms with Gasteiger partial charge in [-0.3, -0.25) is 10.1 Å². The van der Waals surface area contributed by atoms with Gasteiger partial charge in [0.25, 0.3) is 0 Å². The van der Waals surface area contributed by atoms with Gasteiger partial charge in [-0.05, 0) is 25.0 Å². The first kappa shape index (κ1) is 20.4. The number of sulfonamides is 1. The maximum absolute atomic E-state index is 12.7. The Morgan fingerprint density at radius 1 is 1.18 bits per heavy atom. The number of carbonyl (C=O) groups is 2. The molecule has 28 heavy (non-hydrogen) atoms. The predicted molar refractivity (Wildman–Crippen MR) is 107 cm³/mol. The van der Waals surface area contributed by atoms with Crippen LogP contribution in [0.25, 0.3) is 0 Å². The first-order valence-corrected chi connectivity index (χ1v) is 11.5. The zero-order chi connectivity index (χ0) is 20.1. The van der Waals surface area contributed by atoms with Crippen molar-refractivity contribution in [2.24, 2.45) is 5.92 Å². The highest BCUT2D eigenvalue weighted by Gasteiger charge is 2.25. The lowest BCUT2D eigenvalue weighted by Crippen LogP contribution is -2.23. The van der Waals surface area contributed by atoms with Gasteiger partial charge in [-0.2, -0.15) is 4.37 Å². The molecule has 0 spiro atoms. The second-order valence-electron chi connectivity index (χ2n) is 6.58. The predicted octanol–water partition coefficient (Wildman–Crippen LogP) is 2.60. The molecule has 9 nitrogen and oxygen atoms in total. The van der Waals surface area contributed by atoms with Crippen molar-refractivity contribution in [2.45, 2.75) is 32.2 Å². The molecule has 1 aliphatic rings. The first-order valence-electron chi connectivity index (χ1n) is 8.80. The van der Waals surface area contributed by atoms with Crippen LogP contribution in [0.1, 0.15) is 41.9 Å². The highest BCUT2D eigenvalue weighted by Crippen LogP contribution is 2.30. The van der Waals surface area contributed by atoms with Crippen LogP contribution >= 0.6 is 11.5 Å². The molecule has 0 aliphatic heterocycles. The molecular weight excluding hydrogens is 402 g/mol. The number of para-hydroxylation sites is 1. The number of urea groups is 1. The third-order valence-corrected chi connectivity index (χ3v) is 5.68. The summed E-state index contributed by atoms with van der Waals surface area (Å²) in [5.41, 5.74) is 0.945. The van der Waals surface area contributed by atoms with Crippen molar-refractivity contribution < 1.29 is 18.0 Å². The normalized spacial score (nSPS) is 14.8. The van der Waals surface area contributed by atoms with Crippen LogP contribution in [0.5, 0.6) is 0 Å². The summed E-state index contributed by atoms with van der Waals surface area (Å²) in [6, 6.07) is 6.38. The van der Waals surface area contributed by atoms with Crippen molar-refractivity contribution in [1.82, 2.24) is 14.1 Å². The summed E-state index contributed by atoms with van der Waals surface area (Å²) >= 11 is 0.935. The van der Waals surface area contributed by atoms with Gasteiger partial charge < -0.3 is 5.32 Å².